The molecule has 1 unspecified atom stereocenters. The number of hydrogen-bond donors (Lipinski definition) is 2. The molecule has 4 nitrogen and oxygen atoms in total. The second-order valence-electron chi connectivity index (χ2n) is 4.50. The third-order valence-corrected chi connectivity index (χ3v) is 3.55. The van der Waals surface area contributed by atoms with Crippen LogP contribution < -0.4 is 5.90 Å². The Hall–Kier alpha value is -0.160. The van der Waals surface area contributed by atoms with Crippen molar-refractivity contribution in [1.29, 1.82) is 0 Å². The molecule has 2 rings (SSSR count). The Balaban J connectivity index is 1.78. The molecule has 0 aromatic carbocycles. The summed E-state index contributed by atoms with van der Waals surface area (Å²) in [7, 11) is 0. The van der Waals surface area contributed by atoms with E-state index in [0.717, 1.165) is 45.2 Å². The topological polar surface area (TPSA) is 58.7 Å². The van der Waals surface area contributed by atoms with Gasteiger partial charge in [0.25, 0.3) is 0 Å². The Kier molecular flexibility index (Phi) is 3.38. The van der Waals surface area contributed by atoms with Gasteiger partial charge in [-0.05, 0) is 32.1 Å². The van der Waals surface area contributed by atoms with Crippen molar-refractivity contribution in [3.8, 4) is 0 Å². The van der Waals surface area contributed by atoms with Crippen molar-refractivity contribution in [1.82, 2.24) is 4.90 Å². The Morgan fingerprint density at radius 3 is 2.36 bits per heavy atom. The SMILES string of the molecule is NOC1CCC(N2CCC(O)C2)CC1. The molecule has 3 N–H and O–H groups in total. The van der Waals surface area contributed by atoms with Gasteiger partial charge in [-0.3, -0.25) is 4.90 Å². The van der Waals surface area contributed by atoms with Crippen molar-refractivity contribution in [3.05, 3.63) is 0 Å². The van der Waals surface area contributed by atoms with Crippen LogP contribution in [0, 0.1) is 0 Å². The Morgan fingerprint density at radius 1 is 1.14 bits per heavy atom. The fourth-order valence-electron chi connectivity index (χ4n) is 2.65. The van der Waals surface area contributed by atoms with E-state index in [9.17, 15) is 5.11 Å². The number of aliphatic hydroxyl groups is 1. The van der Waals surface area contributed by atoms with Crippen LogP contribution in [0.15, 0.2) is 0 Å². The van der Waals surface area contributed by atoms with Gasteiger partial charge in [-0.1, -0.05) is 0 Å². The number of rotatable bonds is 2. The molecule has 0 aromatic rings. The number of nitrogens with zero attached hydrogens (tertiary/aromatic N) is 1. The zero-order chi connectivity index (χ0) is 9.97. The first-order valence-electron chi connectivity index (χ1n) is 5.57. The Morgan fingerprint density at radius 2 is 1.86 bits per heavy atom. The van der Waals surface area contributed by atoms with Crippen LogP contribution in [0.2, 0.25) is 0 Å². The molecule has 1 aliphatic carbocycles. The lowest BCUT2D eigenvalue weighted by molar-refractivity contribution is 0.00790. The molecule has 0 aromatic heterocycles. The first-order chi connectivity index (χ1) is 6.79. The zero-order valence-corrected chi connectivity index (χ0v) is 8.56. The molecule has 14 heavy (non-hydrogen) atoms. The molecular weight excluding hydrogens is 180 g/mol. The Bertz CT molecular complexity index is 181. The molecule has 2 fully saturated rings. The summed E-state index contributed by atoms with van der Waals surface area (Å²) in [5.74, 6) is 5.17. The molecule has 0 radical (unpaired) electrons. The molecular formula is C10H20N2O2. The van der Waals surface area contributed by atoms with Crippen molar-refractivity contribution in [2.45, 2.75) is 50.4 Å². The molecule has 1 atom stereocenters. The number of nitrogens with two attached hydrogens (primary N) is 1. The van der Waals surface area contributed by atoms with Crippen LogP contribution in [0.25, 0.3) is 0 Å². The smallest absolute Gasteiger partial charge is 0.0788 e. The largest absolute Gasteiger partial charge is 0.392 e. The summed E-state index contributed by atoms with van der Waals surface area (Å²) in [6, 6.07) is 0.651. The van der Waals surface area contributed by atoms with Gasteiger partial charge in [0.2, 0.25) is 0 Å². The van der Waals surface area contributed by atoms with Crippen molar-refractivity contribution in [3.63, 3.8) is 0 Å². The first-order valence-corrected chi connectivity index (χ1v) is 5.57. The highest BCUT2D eigenvalue weighted by Crippen LogP contribution is 2.26. The monoisotopic (exact) mass is 200 g/mol. The van der Waals surface area contributed by atoms with Gasteiger partial charge in [0.15, 0.2) is 0 Å². The molecule has 0 spiro atoms. The van der Waals surface area contributed by atoms with E-state index in [2.05, 4.69) is 4.90 Å². The van der Waals surface area contributed by atoms with Crippen LogP contribution in [0.4, 0.5) is 0 Å². The summed E-state index contributed by atoms with van der Waals surface area (Å²) in [6.07, 6.45) is 5.55. The van der Waals surface area contributed by atoms with Crippen molar-refractivity contribution < 1.29 is 9.94 Å². The fourth-order valence-corrected chi connectivity index (χ4v) is 2.65. The summed E-state index contributed by atoms with van der Waals surface area (Å²) in [4.78, 5) is 7.27. The summed E-state index contributed by atoms with van der Waals surface area (Å²) >= 11 is 0. The summed E-state index contributed by atoms with van der Waals surface area (Å²) in [5.41, 5.74) is 0. The molecule has 1 aliphatic heterocycles. The van der Waals surface area contributed by atoms with Crippen LogP contribution in [0.1, 0.15) is 32.1 Å². The first kappa shape index (κ1) is 10.4. The van der Waals surface area contributed by atoms with Crippen LogP contribution in [0.3, 0.4) is 0 Å². The van der Waals surface area contributed by atoms with Crippen LogP contribution in [0.5, 0.6) is 0 Å². The summed E-state index contributed by atoms with van der Waals surface area (Å²) in [6.45, 7) is 1.92. The highest BCUT2D eigenvalue weighted by molar-refractivity contribution is 4.85. The highest BCUT2D eigenvalue weighted by Gasteiger charge is 2.30. The average molecular weight is 200 g/mol. The maximum atomic E-state index is 9.44. The molecule has 4 heteroatoms. The van der Waals surface area contributed by atoms with Crippen LogP contribution in [-0.4, -0.2) is 41.3 Å². The van der Waals surface area contributed by atoms with E-state index >= 15 is 0 Å². The summed E-state index contributed by atoms with van der Waals surface area (Å²) in [5, 5.41) is 9.44. The van der Waals surface area contributed by atoms with E-state index in [1.54, 1.807) is 0 Å². The molecule has 0 amide bonds. The molecule has 2 aliphatic rings. The third kappa shape index (κ3) is 2.25. The van der Waals surface area contributed by atoms with E-state index in [-0.39, 0.29) is 12.2 Å². The normalized spacial score (nSPS) is 40.3. The predicted molar refractivity (Wildman–Crippen MR) is 53.5 cm³/mol. The minimum atomic E-state index is -0.0986. The lowest BCUT2D eigenvalue weighted by Crippen LogP contribution is -2.39. The van der Waals surface area contributed by atoms with Gasteiger partial charge in [-0.15, -0.1) is 0 Å². The second-order valence-corrected chi connectivity index (χ2v) is 4.50. The Labute approximate surface area is 85.0 Å². The van der Waals surface area contributed by atoms with Crippen molar-refractivity contribution in [2.24, 2.45) is 5.90 Å². The fraction of sp³-hybridized carbons (Fsp3) is 1.00. The van der Waals surface area contributed by atoms with Gasteiger partial charge in [-0.25, -0.2) is 5.90 Å². The number of aliphatic hydroxyl groups excluding tert-OH is 1. The van der Waals surface area contributed by atoms with Gasteiger partial charge >= 0.3 is 0 Å². The average Bonchev–Trinajstić information content (AvgIpc) is 2.65. The minimum Gasteiger partial charge on any atom is -0.392 e. The predicted octanol–water partition coefficient (Wildman–Crippen LogP) is 0.254. The third-order valence-electron chi connectivity index (χ3n) is 3.55. The van der Waals surface area contributed by atoms with E-state index in [1.807, 2.05) is 0 Å². The quantitative estimate of drug-likeness (QED) is 0.628. The number of likely N-dealkylation sites (tertiary alicyclic amines) is 1. The maximum Gasteiger partial charge on any atom is 0.0788 e. The van der Waals surface area contributed by atoms with E-state index < -0.39 is 0 Å². The van der Waals surface area contributed by atoms with Gasteiger partial charge in [0.05, 0.1) is 12.2 Å². The second kappa shape index (κ2) is 4.57. The zero-order valence-electron chi connectivity index (χ0n) is 8.56. The van der Waals surface area contributed by atoms with Gasteiger partial charge in [0.1, 0.15) is 0 Å². The molecule has 0 bridgehead atoms. The lowest BCUT2D eigenvalue weighted by Gasteiger charge is -2.33. The van der Waals surface area contributed by atoms with E-state index in [4.69, 9.17) is 10.7 Å². The summed E-state index contributed by atoms with van der Waals surface area (Å²) < 4.78 is 0. The van der Waals surface area contributed by atoms with Gasteiger partial charge in [-0.2, -0.15) is 0 Å². The number of hydrogen-bond acceptors (Lipinski definition) is 4. The van der Waals surface area contributed by atoms with Gasteiger partial charge < -0.3 is 9.94 Å². The minimum absolute atomic E-state index is 0.0986. The maximum absolute atomic E-state index is 9.44. The number of β-amino-alcohol motifs (C(OH)–C–C–N with tert-alkyl or cyclic N) is 1. The van der Waals surface area contributed by atoms with Gasteiger partial charge in [0, 0.05) is 19.1 Å². The van der Waals surface area contributed by atoms with Crippen molar-refractivity contribution in [2.75, 3.05) is 13.1 Å². The van der Waals surface area contributed by atoms with Crippen molar-refractivity contribution >= 4 is 0 Å². The highest BCUT2D eigenvalue weighted by atomic mass is 16.6. The van der Waals surface area contributed by atoms with E-state index in [1.165, 1.54) is 0 Å². The lowest BCUT2D eigenvalue weighted by atomic mass is 9.92. The molecule has 1 heterocycles. The standard InChI is InChI=1S/C10H20N2O2/c11-14-10-3-1-8(2-4-10)12-6-5-9(13)7-12/h8-10,13H,1-7,11H2. The van der Waals surface area contributed by atoms with E-state index in [0.29, 0.717) is 6.04 Å². The van der Waals surface area contributed by atoms with Crippen LogP contribution in [-0.2, 0) is 4.84 Å². The molecule has 1 saturated heterocycles. The molecule has 1 saturated carbocycles. The molecule has 82 valence electrons. The van der Waals surface area contributed by atoms with Crippen LogP contribution >= 0.6 is 0 Å².